The lowest BCUT2D eigenvalue weighted by molar-refractivity contribution is -0.133. The molecule has 0 radical (unpaired) electrons. The molecule has 32 heavy (non-hydrogen) atoms. The van der Waals surface area contributed by atoms with Gasteiger partial charge in [-0.25, -0.2) is 0 Å². The van der Waals surface area contributed by atoms with Crippen molar-refractivity contribution in [3.63, 3.8) is 0 Å². The number of pyridine rings is 1. The van der Waals surface area contributed by atoms with Crippen LogP contribution in [0.15, 0.2) is 35.3 Å². The van der Waals surface area contributed by atoms with Crippen molar-refractivity contribution < 1.29 is 14.3 Å². The maximum atomic E-state index is 12.9. The van der Waals surface area contributed by atoms with Crippen molar-refractivity contribution in [1.82, 2.24) is 14.4 Å². The quantitative estimate of drug-likeness (QED) is 0.591. The Kier molecular flexibility index (Phi) is 6.26. The smallest absolute Gasteiger partial charge is 0.259 e. The van der Waals surface area contributed by atoms with Gasteiger partial charge in [-0.3, -0.25) is 14.5 Å². The lowest BCUT2D eigenvalue weighted by Crippen LogP contribution is -2.52. The Labute approximate surface area is 191 Å². The number of piperazine rings is 1. The summed E-state index contributed by atoms with van der Waals surface area (Å²) in [6.07, 6.45) is 1.89. The highest BCUT2D eigenvalue weighted by molar-refractivity contribution is 7.19. The van der Waals surface area contributed by atoms with E-state index >= 15 is 0 Å². The van der Waals surface area contributed by atoms with Crippen molar-refractivity contribution in [1.29, 1.82) is 0 Å². The van der Waals surface area contributed by atoms with Gasteiger partial charge >= 0.3 is 0 Å². The molecule has 0 saturated carbocycles. The first-order valence-electron chi connectivity index (χ1n) is 10.7. The monoisotopic (exact) mass is 455 g/mol. The van der Waals surface area contributed by atoms with E-state index in [0.717, 1.165) is 52.3 Å². The van der Waals surface area contributed by atoms with Crippen LogP contribution in [-0.2, 0) is 18.4 Å². The van der Waals surface area contributed by atoms with E-state index in [-0.39, 0.29) is 17.5 Å². The minimum Gasteiger partial charge on any atom is -0.493 e. The Morgan fingerprint density at radius 3 is 2.56 bits per heavy atom. The molecule has 3 aromatic rings. The summed E-state index contributed by atoms with van der Waals surface area (Å²) in [6.45, 7) is 6.88. The number of nitrogens with zero attached hydrogens (tertiary/aromatic N) is 3. The van der Waals surface area contributed by atoms with Crippen LogP contribution in [0, 0.1) is 0 Å². The van der Waals surface area contributed by atoms with E-state index in [2.05, 4.69) is 11.8 Å². The van der Waals surface area contributed by atoms with Crippen molar-refractivity contribution in [2.24, 2.45) is 7.05 Å². The fraction of sp³-hybridized carbons (Fsp3) is 0.417. The van der Waals surface area contributed by atoms with Gasteiger partial charge in [0.15, 0.2) is 11.5 Å². The average Bonchev–Trinajstić information content (AvgIpc) is 3.19. The molecular formula is C24H29N3O4S. The molecule has 1 aliphatic heterocycles. The Bertz CT molecular complexity index is 1220. The molecule has 8 heteroatoms. The standard InChI is InChI=1S/C24H29N3O4S/c1-15-12-26(8-9-27(15)16(2)28)13-18-11-19-23(32-18)20(14-25(3)24(19)29)17-6-7-21(30-4)22(10-17)31-5/h6-7,10-11,14-15H,8-9,12-13H2,1-5H3. The fourth-order valence-corrected chi connectivity index (χ4v) is 5.68. The van der Waals surface area contributed by atoms with Crippen molar-refractivity contribution in [2.45, 2.75) is 26.4 Å². The third-order valence-corrected chi connectivity index (χ3v) is 7.24. The molecule has 0 bridgehead atoms. The Hall–Kier alpha value is -2.84. The number of carbonyl (C=O) groups excluding carboxylic acids is 1. The van der Waals surface area contributed by atoms with Crippen molar-refractivity contribution in [2.75, 3.05) is 33.9 Å². The first-order chi connectivity index (χ1) is 15.3. The molecule has 0 spiro atoms. The SMILES string of the molecule is COc1ccc(-c2cn(C)c(=O)c3cc(CN4CCN(C(C)=O)C(C)C4)sc23)cc1OC. The molecule has 1 aromatic carbocycles. The molecule has 1 atom stereocenters. The number of hydrogen-bond acceptors (Lipinski definition) is 6. The molecule has 4 rings (SSSR count). The van der Waals surface area contributed by atoms with Crippen molar-refractivity contribution >= 4 is 27.3 Å². The van der Waals surface area contributed by atoms with E-state index in [0.29, 0.717) is 11.5 Å². The highest BCUT2D eigenvalue weighted by Crippen LogP contribution is 2.37. The molecule has 1 amide bonds. The number of ether oxygens (including phenoxy) is 2. The molecular weight excluding hydrogens is 426 g/mol. The summed E-state index contributed by atoms with van der Waals surface area (Å²) in [5.41, 5.74) is 1.97. The van der Waals surface area contributed by atoms with Gasteiger partial charge in [0, 0.05) is 67.5 Å². The third kappa shape index (κ3) is 4.12. The van der Waals surface area contributed by atoms with Crippen molar-refractivity contribution in [3.8, 4) is 22.6 Å². The van der Waals surface area contributed by atoms with Crippen molar-refractivity contribution in [3.05, 3.63) is 45.7 Å². The normalized spacial score (nSPS) is 17.0. The van der Waals surface area contributed by atoms with E-state index in [9.17, 15) is 9.59 Å². The van der Waals surface area contributed by atoms with Gasteiger partial charge < -0.3 is 18.9 Å². The second kappa shape index (κ2) is 8.96. The van der Waals surface area contributed by atoms with Gasteiger partial charge in [0.1, 0.15) is 0 Å². The second-order valence-electron chi connectivity index (χ2n) is 8.28. The van der Waals surface area contributed by atoms with Gasteiger partial charge in [-0.15, -0.1) is 11.3 Å². The maximum absolute atomic E-state index is 12.9. The van der Waals surface area contributed by atoms with Crippen LogP contribution >= 0.6 is 11.3 Å². The summed E-state index contributed by atoms with van der Waals surface area (Å²) in [6, 6.07) is 8.03. The third-order valence-electron chi connectivity index (χ3n) is 6.09. The number of amides is 1. The summed E-state index contributed by atoms with van der Waals surface area (Å²) in [4.78, 5) is 30.1. The fourth-order valence-electron chi connectivity index (χ4n) is 4.45. The number of aryl methyl sites for hydroxylation is 1. The van der Waals surface area contributed by atoms with E-state index in [1.165, 1.54) is 0 Å². The number of benzene rings is 1. The molecule has 0 aliphatic carbocycles. The molecule has 0 N–H and O–H groups in total. The lowest BCUT2D eigenvalue weighted by atomic mass is 10.1. The van der Waals surface area contributed by atoms with Gasteiger partial charge in [-0.05, 0) is 30.7 Å². The Morgan fingerprint density at radius 1 is 1.16 bits per heavy atom. The van der Waals surface area contributed by atoms with Crippen LogP contribution < -0.4 is 15.0 Å². The molecule has 1 fully saturated rings. The maximum Gasteiger partial charge on any atom is 0.259 e. The molecule has 1 saturated heterocycles. The number of carbonyl (C=O) groups is 1. The van der Waals surface area contributed by atoms with E-state index in [1.54, 1.807) is 44.1 Å². The Morgan fingerprint density at radius 2 is 1.91 bits per heavy atom. The van der Waals surface area contributed by atoms with Gasteiger partial charge in [-0.1, -0.05) is 6.07 Å². The number of rotatable bonds is 5. The highest BCUT2D eigenvalue weighted by Gasteiger charge is 2.26. The van der Waals surface area contributed by atoms with Crippen LogP contribution in [0.5, 0.6) is 11.5 Å². The predicted molar refractivity (Wildman–Crippen MR) is 128 cm³/mol. The highest BCUT2D eigenvalue weighted by atomic mass is 32.1. The van der Waals surface area contributed by atoms with Crippen LogP contribution in [0.4, 0.5) is 0 Å². The van der Waals surface area contributed by atoms with E-state index < -0.39 is 0 Å². The predicted octanol–water partition coefficient (Wildman–Crippen LogP) is 3.34. The number of thiophene rings is 1. The zero-order chi connectivity index (χ0) is 23.0. The van der Waals surface area contributed by atoms with E-state index in [1.807, 2.05) is 35.4 Å². The summed E-state index contributed by atoms with van der Waals surface area (Å²) in [5, 5.41) is 0.732. The molecule has 170 valence electrons. The number of hydrogen-bond donors (Lipinski definition) is 0. The number of aromatic nitrogens is 1. The van der Waals surface area contributed by atoms with Gasteiger partial charge in [0.2, 0.25) is 5.91 Å². The number of fused-ring (bicyclic) bond motifs is 1. The largest absolute Gasteiger partial charge is 0.493 e. The summed E-state index contributed by atoms with van der Waals surface area (Å²) in [5.74, 6) is 1.45. The van der Waals surface area contributed by atoms with Gasteiger partial charge in [-0.2, -0.15) is 0 Å². The number of methoxy groups -OCH3 is 2. The molecule has 3 heterocycles. The van der Waals surface area contributed by atoms with Gasteiger partial charge in [0.05, 0.1) is 19.6 Å². The zero-order valence-electron chi connectivity index (χ0n) is 19.2. The molecule has 2 aromatic heterocycles. The van der Waals surface area contributed by atoms with E-state index in [4.69, 9.17) is 9.47 Å². The van der Waals surface area contributed by atoms with Crippen LogP contribution in [0.3, 0.4) is 0 Å². The first-order valence-corrected chi connectivity index (χ1v) is 11.5. The van der Waals surface area contributed by atoms with Gasteiger partial charge in [0.25, 0.3) is 5.56 Å². The molecule has 7 nitrogen and oxygen atoms in total. The summed E-state index contributed by atoms with van der Waals surface area (Å²) < 4.78 is 13.5. The minimum atomic E-state index is 0.00138. The minimum absolute atomic E-state index is 0.00138. The van der Waals surface area contributed by atoms with Crippen LogP contribution in [0.1, 0.15) is 18.7 Å². The summed E-state index contributed by atoms with van der Waals surface area (Å²) in [7, 11) is 5.02. The molecule has 1 unspecified atom stereocenters. The second-order valence-corrected chi connectivity index (χ2v) is 9.42. The summed E-state index contributed by atoms with van der Waals surface area (Å²) >= 11 is 1.66. The first kappa shape index (κ1) is 22.4. The molecule has 1 aliphatic rings. The Balaban J connectivity index is 1.69. The topological polar surface area (TPSA) is 64.0 Å². The van der Waals surface area contributed by atoms with Crippen LogP contribution in [0.25, 0.3) is 21.2 Å². The average molecular weight is 456 g/mol. The van der Waals surface area contributed by atoms with Crippen LogP contribution in [-0.4, -0.2) is 60.2 Å². The zero-order valence-corrected chi connectivity index (χ0v) is 20.0. The lowest BCUT2D eigenvalue weighted by Gasteiger charge is -2.39. The van der Waals surface area contributed by atoms with Crippen LogP contribution in [0.2, 0.25) is 0 Å².